The van der Waals surface area contributed by atoms with Gasteiger partial charge in [-0.2, -0.15) is 11.8 Å². The predicted octanol–water partition coefficient (Wildman–Crippen LogP) is 2.60. The largest absolute Gasteiger partial charge is 0.385 e. The van der Waals surface area contributed by atoms with Crippen LogP contribution in [-0.2, 0) is 4.74 Å². The quantitative estimate of drug-likeness (QED) is 0.748. The van der Waals surface area contributed by atoms with Gasteiger partial charge >= 0.3 is 0 Å². The van der Waals surface area contributed by atoms with Gasteiger partial charge in [-0.3, -0.25) is 0 Å². The summed E-state index contributed by atoms with van der Waals surface area (Å²) >= 11 is 1.77. The van der Waals surface area contributed by atoms with Crippen LogP contribution in [-0.4, -0.2) is 25.2 Å². The number of thioether (sulfide) groups is 1. The van der Waals surface area contributed by atoms with Gasteiger partial charge in [-0.15, -0.1) is 0 Å². The van der Waals surface area contributed by atoms with Crippen molar-refractivity contribution in [2.75, 3.05) is 25.2 Å². The molecule has 0 aliphatic carbocycles. The predicted molar refractivity (Wildman–Crippen MR) is 67.1 cm³/mol. The molecule has 0 fully saturated rings. The highest BCUT2D eigenvalue weighted by atomic mass is 32.2. The zero-order valence-corrected chi connectivity index (χ0v) is 10.3. The molecule has 0 saturated heterocycles. The lowest BCUT2D eigenvalue weighted by Gasteiger charge is -2.11. The van der Waals surface area contributed by atoms with Crippen molar-refractivity contribution in [1.82, 2.24) is 0 Å². The van der Waals surface area contributed by atoms with Crippen LogP contribution >= 0.6 is 11.8 Å². The minimum Gasteiger partial charge on any atom is -0.385 e. The first-order valence-electron chi connectivity index (χ1n) is 5.31. The third-order valence-corrected chi connectivity index (χ3v) is 3.38. The summed E-state index contributed by atoms with van der Waals surface area (Å²) in [5, 5.41) is 0. The lowest BCUT2D eigenvalue weighted by atomic mass is 10.1. The van der Waals surface area contributed by atoms with Gasteiger partial charge in [-0.05, 0) is 29.9 Å². The maximum atomic E-state index is 12.9. The number of ether oxygens (including phenoxy) is 1. The molecule has 2 nitrogen and oxygen atoms in total. The van der Waals surface area contributed by atoms with Gasteiger partial charge in [0.2, 0.25) is 0 Å². The topological polar surface area (TPSA) is 35.2 Å². The van der Waals surface area contributed by atoms with Crippen LogP contribution in [0.15, 0.2) is 24.3 Å². The van der Waals surface area contributed by atoms with Gasteiger partial charge in [0.1, 0.15) is 5.82 Å². The van der Waals surface area contributed by atoms with Crippen LogP contribution in [0.25, 0.3) is 0 Å². The standard InChI is InChI=1S/C12H18FNOS/c1-15-6-3-7-16-9-12(14)10-4-2-5-11(13)8-10/h2,4-5,8,12H,3,6-7,9,14H2,1H3. The van der Waals surface area contributed by atoms with Crippen molar-refractivity contribution in [3.63, 3.8) is 0 Å². The maximum absolute atomic E-state index is 12.9. The van der Waals surface area contributed by atoms with E-state index in [-0.39, 0.29) is 11.9 Å². The molecule has 1 aromatic carbocycles. The zero-order chi connectivity index (χ0) is 11.8. The SMILES string of the molecule is COCCCSCC(N)c1cccc(F)c1. The van der Waals surface area contributed by atoms with E-state index in [1.807, 2.05) is 6.07 Å². The van der Waals surface area contributed by atoms with Crippen molar-refractivity contribution in [3.8, 4) is 0 Å². The third-order valence-electron chi connectivity index (χ3n) is 2.21. The van der Waals surface area contributed by atoms with E-state index in [0.29, 0.717) is 0 Å². The molecule has 4 heteroatoms. The van der Waals surface area contributed by atoms with Crippen LogP contribution in [0.4, 0.5) is 4.39 Å². The minimum atomic E-state index is -0.225. The van der Waals surface area contributed by atoms with Crippen molar-refractivity contribution in [2.45, 2.75) is 12.5 Å². The Labute approximate surface area is 100 Å². The summed E-state index contributed by atoms with van der Waals surface area (Å²) in [6.45, 7) is 0.780. The van der Waals surface area contributed by atoms with Gasteiger partial charge in [0.05, 0.1) is 0 Å². The summed E-state index contributed by atoms with van der Waals surface area (Å²) in [5.41, 5.74) is 6.82. The fraction of sp³-hybridized carbons (Fsp3) is 0.500. The molecule has 1 aromatic rings. The Bertz CT molecular complexity index is 309. The van der Waals surface area contributed by atoms with Crippen LogP contribution in [0.5, 0.6) is 0 Å². The van der Waals surface area contributed by atoms with E-state index in [1.54, 1.807) is 24.9 Å². The number of hydrogen-bond donors (Lipinski definition) is 1. The molecule has 0 heterocycles. The Kier molecular flexibility index (Phi) is 6.45. The number of halogens is 1. The van der Waals surface area contributed by atoms with E-state index in [4.69, 9.17) is 10.5 Å². The molecular formula is C12H18FNOS. The van der Waals surface area contributed by atoms with Crippen LogP contribution in [0.1, 0.15) is 18.0 Å². The third kappa shape index (κ3) is 4.96. The molecule has 0 radical (unpaired) electrons. The molecule has 0 aromatic heterocycles. The van der Waals surface area contributed by atoms with Gasteiger partial charge in [-0.1, -0.05) is 12.1 Å². The molecule has 1 unspecified atom stereocenters. The lowest BCUT2D eigenvalue weighted by Crippen LogP contribution is -2.13. The van der Waals surface area contributed by atoms with E-state index in [0.717, 1.165) is 30.1 Å². The molecule has 0 saturated carbocycles. The number of rotatable bonds is 7. The van der Waals surface area contributed by atoms with Crippen molar-refractivity contribution < 1.29 is 9.13 Å². The highest BCUT2D eigenvalue weighted by Gasteiger charge is 2.06. The molecule has 2 N–H and O–H groups in total. The van der Waals surface area contributed by atoms with Crippen LogP contribution in [0.2, 0.25) is 0 Å². The molecule has 0 aliphatic heterocycles. The Hall–Kier alpha value is -0.580. The summed E-state index contributed by atoms with van der Waals surface area (Å²) in [7, 11) is 1.70. The molecular weight excluding hydrogens is 225 g/mol. The molecule has 0 spiro atoms. The molecule has 0 bridgehead atoms. The van der Waals surface area contributed by atoms with Gasteiger partial charge in [0.25, 0.3) is 0 Å². The van der Waals surface area contributed by atoms with E-state index >= 15 is 0 Å². The second kappa shape index (κ2) is 7.65. The Balaban J connectivity index is 2.27. The molecule has 0 amide bonds. The zero-order valence-electron chi connectivity index (χ0n) is 9.49. The van der Waals surface area contributed by atoms with Gasteiger partial charge < -0.3 is 10.5 Å². The molecule has 90 valence electrons. The normalized spacial score (nSPS) is 12.7. The van der Waals surface area contributed by atoms with E-state index in [1.165, 1.54) is 12.1 Å². The molecule has 1 rings (SSSR count). The first-order chi connectivity index (χ1) is 7.74. The first kappa shape index (κ1) is 13.5. The second-order valence-electron chi connectivity index (χ2n) is 3.58. The monoisotopic (exact) mass is 243 g/mol. The Morgan fingerprint density at radius 3 is 3.00 bits per heavy atom. The fourth-order valence-electron chi connectivity index (χ4n) is 1.35. The molecule has 1 atom stereocenters. The Morgan fingerprint density at radius 1 is 1.50 bits per heavy atom. The van der Waals surface area contributed by atoms with Crippen LogP contribution in [0, 0.1) is 5.82 Å². The average molecular weight is 243 g/mol. The average Bonchev–Trinajstić information content (AvgIpc) is 2.28. The van der Waals surface area contributed by atoms with Crippen molar-refractivity contribution in [3.05, 3.63) is 35.6 Å². The summed E-state index contributed by atoms with van der Waals surface area (Å²) in [6, 6.07) is 6.40. The first-order valence-corrected chi connectivity index (χ1v) is 6.47. The lowest BCUT2D eigenvalue weighted by molar-refractivity contribution is 0.200. The highest BCUT2D eigenvalue weighted by Crippen LogP contribution is 2.17. The minimum absolute atomic E-state index is 0.0942. The van der Waals surface area contributed by atoms with Gasteiger partial charge in [0, 0.05) is 25.5 Å². The summed E-state index contributed by atoms with van der Waals surface area (Å²) < 4.78 is 17.9. The smallest absolute Gasteiger partial charge is 0.123 e. The van der Waals surface area contributed by atoms with Crippen LogP contribution < -0.4 is 5.73 Å². The summed E-state index contributed by atoms with van der Waals surface area (Å²) in [4.78, 5) is 0. The summed E-state index contributed by atoms with van der Waals surface area (Å²) in [6.07, 6.45) is 1.02. The maximum Gasteiger partial charge on any atom is 0.123 e. The van der Waals surface area contributed by atoms with Gasteiger partial charge in [0.15, 0.2) is 0 Å². The van der Waals surface area contributed by atoms with Gasteiger partial charge in [-0.25, -0.2) is 4.39 Å². The molecule has 16 heavy (non-hydrogen) atoms. The van der Waals surface area contributed by atoms with Crippen molar-refractivity contribution in [2.24, 2.45) is 5.73 Å². The van der Waals surface area contributed by atoms with E-state index < -0.39 is 0 Å². The second-order valence-corrected chi connectivity index (χ2v) is 4.73. The number of methoxy groups -OCH3 is 1. The molecule has 0 aliphatic rings. The van der Waals surface area contributed by atoms with Crippen molar-refractivity contribution in [1.29, 1.82) is 0 Å². The number of hydrogen-bond acceptors (Lipinski definition) is 3. The number of nitrogens with two attached hydrogens (primary N) is 1. The summed E-state index contributed by atoms with van der Waals surface area (Å²) in [5.74, 6) is 1.61. The highest BCUT2D eigenvalue weighted by molar-refractivity contribution is 7.99. The van der Waals surface area contributed by atoms with Crippen molar-refractivity contribution >= 4 is 11.8 Å². The Morgan fingerprint density at radius 2 is 2.31 bits per heavy atom. The number of benzene rings is 1. The van der Waals surface area contributed by atoms with E-state index in [9.17, 15) is 4.39 Å². The van der Waals surface area contributed by atoms with Crippen LogP contribution in [0.3, 0.4) is 0 Å². The fourth-order valence-corrected chi connectivity index (χ4v) is 2.28. The van der Waals surface area contributed by atoms with E-state index in [2.05, 4.69) is 0 Å².